The third kappa shape index (κ3) is 1.15. The van der Waals surface area contributed by atoms with Crippen LogP contribution in [0, 0.1) is 6.92 Å². The summed E-state index contributed by atoms with van der Waals surface area (Å²) in [7, 11) is 1.95. The Hall–Kier alpha value is -1.57. The normalized spacial score (nSPS) is 10.6. The summed E-state index contributed by atoms with van der Waals surface area (Å²) < 4.78 is 1.98. The van der Waals surface area contributed by atoms with Crippen LogP contribution in [0.5, 0.6) is 0 Å². The number of hydrogen-bond donors (Lipinski definition) is 0. The number of rotatable bonds is 0. The fraction of sp³-hybridized carbons (Fsp3) is 0.182. The summed E-state index contributed by atoms with van der Waals surface area (Å²) in [4.78, 5) is 11.7. The van der Waals surface area contributed by atoms with Gasteiger partial charge < -0.3 is 4.57 Å². The fourth-order valence-electron chi connectivity index (χ4n) is 1.60. The lowest BCUT2D eigenvalue weighted by atomic mass is 10.1. The summed E-state index contributed by atoms with van der Waals surface area (Å²) in [5.41, 5.74) is 1.91. The first-order chi connectivity index (χ1) is 6.20. The molecule has 0 amide bonds. The Morgan fingerprint density at radius 2 is 1.92 bits per heavy atom. The SMILES string of the molecule is Cc1cn(C)c2ccccc2c1=O. The number of fused-ring (bicyclic) bond motifs is 1. The molecule has 1 heterocycles. The highest BCUT2D eigenvalue weighted by molar-refractivity contribution is 5.79. The van der Waals surface area contributed by atoms with Gasteiger partial charge in [-0.1, -0.05) is 12.1 Å². The van der Waals surface area contributed by atoms with Gasteiger partial charge in [-0.05, 0) is 19.1 Å². The van der Waals surface area contributed by atoms with Gasteiger partial charge in [-0.25, -0.2) is 0 Å². The molecule has 0 radical (unpaired) electrons. The molecule has 0 aliphatic rings. The fourth-order valence-corrected chi connectivity index (χ4v) is 1.60. The van der Waals surface area contributed by atoms with Crippen LogP contribution in [0.25, 0.3) is 10.9 Å². The summed E-state index contributed by atoms with van der Waals surface area (Å²) in [6.07, 6.45) is 1.87. The van der Waals surface area contributed by atoms with Crippen LogP contribution < -0.4 is 5.43 Å². The van der Waals surface area contributed by atoms with Crippen LogP contribution >= 0.6 is 0 Å². The van der Waals surface area contributed by atoms with Crippen LogP contribution in [0.4, 0.5) is 0 Å². The van der Waals surface area contributed by atoms with Crippen molar-refractivity contribution >= 4 is 10.9 Å². The van der Waals surface area contributed by atoms with Crippen molar-refractivity contribution in [2.75, 3.05) is 0 Å². The van der Waals surface area contributed by atoms with E-state index in [9.17, 15) is 4.79 Å². The molecule has 66 valence electrons. The molecule has 0 fully saturated rings. The van der Waals surface area contributed by atoms with Crippen LogP contribution in [-0.2, 0) is 7.05 Å². The van der Waals surface area contributed by atoms with Gasteiger partial charge in [-0.2, -0.15) is 0 Å². The minimum absolute atomic E-state index is 0.133. The maximum absolute atomic E-state index is 11.7. The zero-order valence-corrected chi connectivity index (χ0v) is 7.74. The van der Waals surface area contributed by atoms with Crippen molar-refractivity contribution in [1.82, 2.24) is 4.57 Å². The Balaban J connectivity index is 3.06. The van der Waals surface area contributed by atoms with E-state index in [1.54, 1.807) is 0 Å². The molecule has 1 aromatic heterocycles. The average Bonchev–Trinajstić information content (AvgIpc) is 2.15. The predicted molar refractivity (Wildman–Crippen MR) is 53.9 cm³/mol. The highest BCUT2D eigenvalue weighted by Crippen LogP contribution is 2.08. The maximum atomic E-state index is 11.7. The monoisotopic (exact) mass is 173 g/mol. The molecule has 0 aliphatic heterocycles. The van der Waals surface area contributed by atoms with Crippen molar-refractivity contribution in [3.63, 3.8) is 0 Å². The second kappa shape index (κ2) is 2.73. The van der Waals surface area contributed by atoms with Crippen molar-refractivity contribution in [2.45, 2.75) is 6.92 Å². The molecule has 0 N–H and O–H groups in total. The molecule has 0 aliphatic carbocycles. The summed E-state index contributed by atoms with van der Waals surface area (Å²) in [6, 6.07) is 7.65. The highest BCUT2D eigenvalue weighted by Gasteiger charge is 2.01. The first kappa shape index (κ1) is 8.05. The van der Waals surface area contributed by atoms with E-state index in [-0.39, 0.29) is 5.43 Å². The minimum Gasteiger partial charge on any atom is -0.350 e. The molecule has 2 nitrogen and oxygen atoms in total. The molecular formula is C11H11NO. The second-order valence-electron chi connectivity index (χ2n) is 3.27. The van der Waals surface area contributed by atoms with Crippen LogP contribution in [0.3, 0.4) is 0 Å². The largest absolute Gasteiger partial charge is 0.350 e. The van der Waals surface area contributed by atoms with E-state index < -0.39 is 0 Å². The summed E-state index contributed by atoms with van der Waals surface area (Å²) >= 11 is 0. The smallest absolute Gasteiger partial charge is 0.192 e. The van der Waals surface area contributed by atoms with Gasteiger partial charge in [-0.3, -0.25) is 4.79 Å². The molecule has 0 saturated carbocycles. The molecule has 0 unspecified atom stereocenters. The number of aryl methyl sites for hydroxylation is 2. The zero-order chi connectivity index (χ0) is 9.42. The van der Waals surface area contributed by atoms with Crippen molar-refractivity contribution in [2.24, 2.45) is 7.05 Å². The average molecular weight is 173 g/mol. The molecule has 0 atom stereocenters. The molecule has 2 aromatic rings. The van der Waals surface area contributed by atoms with Crippen molar-refractivity contribution in [3.8, 4) is 0 Å². The van der Waals surface area contributed by atoms with E-state index in [0.29, 0.717) is 0 Å². The van der Waals surface area contributed by atoms with E-state index in [0.717, 1.165) is 16.5 Å². The molecule has 2 rings (SSSR count). The van der Waals surface area contributed by atoms with Crippen molar-refractivity contribution < 1.29 is 0 Å². The molecule has 0 bridgehead atoms. The number of aromatic nitrogens is 1. The number of benzene rings is 1. The Kier molecular flexibility index (Phi) is 1.69. The molecule has 0 saturated heterocycles. The maximum Gasteiger partial charge on any atom is 0.192 e. The summed E-state index contributed by atoms with van der Waals surface area (Å²) in [5.74, 6) is 0. The van der Waals surface area contributed by atoms with Crippen LogP contribution in [0.2, 0.25) is 0 Å². The van der Waals surface area contributed by atoms with Gasteiger partial charge in [0.2, 0.25) is 0 Å². The van der Waals surface area contributed by atoms with Gasteiger partial charge in [0.25, 0.3) is 0 Å². The summed E-state index contributed by atoms with van der Waals surface area (Å²) in [6.45, 7) is 1.84. The van der Waals surface area contributed by atoms with Gasteiger partial charge in [0.1, 0.15) is 0 Å². The van der Waals surface area contributed by atoms with Crippen LogP contribution in [0.15, 0.2) is 35.3 Å². The Morgan fingerprint density at radius 1 is 1.23 bits per heavy atom. The Bertz CT molecular complexity index is 511. The van der Waals surface area contributed by atoms with Gasteiger partial charge >= 0.3 is 0 Å². The summed E-state index contributed by atoms with van der Waals surface area (Å²) in [5, 5.41) is 0.796. The van der Waals surface area contributed by atoms with Crippen LogP contribution in [0.1, 0.15) is 5.56 Å². The number of pyridine rings is 1. The predicted octanol–water partition coefficient (Wildman–Crippen LogP) is 1.85. The lowest BCUT2D eigenvalue weighted by Gasteiger charge is -2.05. The highest BCUT2D eigenvalue weighted by atomic mass is 16.1. The third-order valence-electron chi connectivity index (χ3n) is 2.27. The van der Waals surface area contributed by atoms with Crippen molar-refractivity contribution in [1.29, 1.82) is 0 Å². The molecule has 1 aromatic carbocycles. The van der Waals surface area contributed by atoms with E-state index in [2.05, 4.69) is 0 Å². The third-order valence-corrected chi connectivity index (χ3v) is 2.27. The molecule has 13 heavy (non-hydrogen) atoms. The standard InChI is InChI=1S/C11H11NO/c1-8-7-12(2)10-6-4-3-5-9(10)11(8)13/h3-7H,1-2H3. The first-order valence-electron chi connectivity index (χ1n) is 4.25. The quantitative estimate of drug-likeness (QED) is 0.596. The number of para-hydroxylation sites is 1. The van der Waals surface area contributed by atoms with Gasteiger partial charge in [-0.15, -0.1) is 0 Å². The first-order valence-corrected chi connectivity index (χ1v) is 4.25. The lowest BCUT2D eigenvalue weighted by molar-refractivity contribution is 0.939. The topological polar surface area (TPSA) is 22.0 Å². The van der Waals surface area contributed by atoms with Crippen LogP contribution in [-0.4, -0.2) is 4.57 Å². The van der Waals surface area contributed by atoms with Gasteiger partial charge in [0.05, 0.1) is 5.52 Å². The van der Waals surface area contributed by atoms with E-state index in [4.69, 9.17) is 0 Å². The number of nitrogens with zero attached hydrogens (tertiary/aromatic N) is 1. The Labute approximate surface area is 76.4 Å². The number of hydrogen-bond acceptors (Lipinski definition) is 1. The second-order valence-corrected chi connectivity index (χ2v) is 3.27. The van der Waals surface area contributed by atoms with Gasteiger partial charge in [0, 0.05) is 24.2 Å². The van der Waals surface area contributed by atoms with Gasteiger partial charge in [0.15, 0.2) is 5.43 Å². The van der Waals surface area contributed by atoms with E-state index in [1.807, 2.05) is 49.0 Å². The Morgan fingerprint density at radius 3 is 2.69 bits per heavy atom. The zero-order valence-electron chi connectivity index (χ0n) is 7.74. The molecule has 0 spiro atoms. The van der Waals surface area contributed by atoms with E-state index >= 15 is 0 Å². The lowest BCUT2D eigenvalue weighted by Crippen LogP contribution is -2.09. The molecule has 2 heteroatoms. The van der Waals surface area contributed by atoms with Crippen molar-refractivity contribution in [3.05, 3.63) is 46.2 Å². The van der Waals surface area contributed by atoms with E-state index in [1.165, 1.54) is 0 Å². The minimum atomic E-state index is 0.133. The molecular weight excluding hydrogens is 162 g/mol.